The summed E-state index contributed by atoms with van der Waals surface area (Å²) in [5.41, 5.74) is 0. The van der Waals surface area contributed by atoms with E-state index in [-0.39, 0.29) is 17.7 Å². The Labute approximate surface area is 133 Å². The Balaban J connectivity index is 5.01. The average Bonchev–Trinajstić information content (AvgIpc) is 2.48. The minimum atomic E-state index is -1.05. The minimum Gasteiger partial charge on any atom is -0.480 e. The first-order chi connectivity index (χ1) is 10.3. The molecule has 0 aliphatic rings. The molecule has 0 heterocycles. The molecule has 0 saturated carbocycles. The summed E-state index contributed by atoms with van der Waals surface area (Å²) in [4.78, 5) is 35.5. The maximum Gasteiger partial charge on any atom is 0.326 e. The van der Waals surface area contributed by atoms with Gasteiger partial charge in [0.25, 0.3) is 0 Å². The van der Waals surface area contributed by atoms with Gasteiger partial charge in [-0.25, -0.2) is 4.79 Å². The average molecular weight is 314 g/mol. The van der Waals surface area contributed by atoms with Crippen LogP contribution in [0, 0.1) is 11.8 Å². The Morgan fingerprint density at radius 2 is 1.41 bits per heavy atom. The van der Waals surface area contributed by atoms with E-state index >= 15 is 0 Å². The van der Waals surface area contributed by atoms with E-state index < -0.39 is 24.0 Å². The zero-order valence-electron chi connectivity index (χ0n) is 14.3. The number of carboxylic acids is 1. The third-order valence-electron chi connectivity index (χ3n) is 4.07. The number of aliphatic carboxylic acids is 1. The van der Waals surface area contributed by atoms with Crippen LogP contribution in [-0.4, -0.2) is 35.0 Å². The molecule has 0 rings (SSSR count). The quantitative estimate of drug-likeness (QED) is 0.574. The molecule has 128 valence electrons. The summed E-state index contributed by atoms with van der Waals surface area (Å²) in [5.74, 6) is -1.90. The van der Waals surface area contributed by atoms with Crippen molar-refractivity contribution in [1.82, 2.24) is 10.6 Å². The van der Waals surface area contributed by atoms with E-state index in [2.05, 4.69) is 10.6 Å². The summed E-state index contributed by atoms with van der Waals surface area (Å²) >= 11 is 0. The molecule has 4 unspecified atom stereocenters. The van der Waals surface area contributed by atoms with Crippen LogP contribution >= 0.6 is 0 Å². The fourth-order valence-corrected chi connectivity index (χ4v) is 2.10. The van der Waals surface area contributed by atoms with Crippen molar-refractivity contribution in [2.75, 3.05) is 0 Å². The van der Waals surface area contributed by atoms with Crippen LogP contribution in [0.3, 0.4) is 0 Å². The van der Waals surface area contributed by atoms with Crippen LogP contribution in [0.4, 0.5) is 0 Å². The van der Waals surface area contributed by atoms with E-state index in [1.165, 1.54) is 0 Å². The van der Waals surface area contributed by atoms with Crippen molar-refractivity contribution < 1.29 is 19.5 Å². The van der Waals surface area contributed by atoms with Crippen molar-refractivity contribution in [3.8, 4) is 0 Å². The fourth-order valence-electron chi connectivity index (χ4n) is 2.10. The molecule has 0 aromatic rings. The Kier molecular flexibility index (Phi) is 9.45. The van der Waals surface area contributed by atoms with Gasteiger partial charge in [-0.2, -0.15) is 0 Å². The lowest BCUT2D eigenvalue weighted by Crippen LogP contribution is -2.55. The van der Waals surface area contributed by atoms with Crippen molar-refractivity contribution in [2.24, 2.45) is 11.8 Å². The van der Waals surface area contributed by atoms with Gasteiger partial charge in [0, 0.05) is 6.42 Å². The van der Waals surface area contributed by atoms with Crippen LogP contribution in [0.25, 0.3) is 0 Å². The van der Waals surface area contributed by atoms with Gasteiger partial charge in [-0.3, -0.25) is 9.59 Å². The number of rotatable bonds is 10. The first-order valence-electron chi connectivity index (χ1n) is 8.10. The van der Waals surface area contributed by atoms with Gasteiger partial charge in [-0.15, -0.1) is 0 Å². The van der Waals surface area contributed by atoms with Gasteiger partial charge in [0.15, 0.2) is 0 Å². The third kappa shape index (κ3) is 6.45. The SMILES string of the molecule is CCCC(=O)NC(C(=O)NC(C(=O)O)C(C)CC)C(C)CC. The molecule has 0 spiro atoms. The van der Waals surface area contributed by atoms with Gasteiger partial charge in [-0.1, -0.05) is 47.5 Å². The highest BCUT2D eigenvalue weighted by Crippen LogP contribution is 2.12. The molecule has 4 atom stereocenters. The summed E-state index contributed by atoms with van der Waals surface area (Å²) in [6.45, 7) is 9.35. The molecule has 0 aromatic carbocycles. The number of hydrogen-bond acceptors (Lipinski definition) is 3. The monoisotopic (exact) mass is 314 g/mol. The predicted octanol–water partition coefficient (Wildman–Crippen LogP) is 1.93. The Bertz CT molecular complexity index is 384. The number of carbonyl (C=O) groups is 3. The normalized spacial score (nSPS) is 16.2. The van der Waals surface area contributed by atoms with Gasteiger partial charge < -0.3 is 15.7 Å². The van der Waals surface area contributed by atoms with Gasteiger partial charge in [0.1, 0.15) is 12.1 Å². The van der Waals surface area contributed by atoms with Crippen LogP contribution in [0.2, 0.25) is 0 Å². The second kappa shape index (κ2) is 10.2. The third-order valence-corrected chi connectivity index (χ3v) is 4.07. The van der Waals surface area contributed by atoms with Crippen molar-refractivity contribution >= 4 is 17.8 Å². The molecule has 0 bridgehead atoms. The highest BCUT2D eigenvalue weighted by molar-refractivity contribution is 5.90. The zero-order chi connectivity index (χ0) is 17.3. The number of nitrogens with one attached hydrogen (secondary N) is 2. The molecule has 0 saturated heterocycles. The number of carboxylic acid groups (broad SMARTS) is 1. The topological polar surface area (TPSA) is 95.5 Å². The smallest absolute Gasteiger partial charge is 0.326 e. The summed E-state index contributed by atoms with van der Waals surface area (Å²) in [6.07, 6.45) is 2.41. The lowest BCUT2D eigenvalue weighted by atomic mass is 9.95. The Hall–Kier alpha value is -1.59. The van der Waals surface area contributed by atoms with Crippen LogP contribution < -0.4 is 10.6 Å². The molecule has 6 heteroatoms. The first kappa shape index (κ1) is 20.4. The zero-order valence-corrected chi connectivity index (χ0v) is 14.3. The summed E-state index contributed by atoms with van der Waals surface area (Å²) in [5, 5.41) is 14.6. The van der Waals surface area contributed by atoms with E-state index in [1.54, 1.807) is 6.92 Å². The van der Waals surface area contributed by atoms with E-state index in [9.17, 15) is 19.5 Å². The largest absolute Gasteiger partial charge is 0.480 e. The lowest BCUT2D eigenvalue weighted by molar-refractivity contribution is -0.144. The second-order valence-electron chi connectivity index (χ2n) is 5.89. The fraction of sp³-hybridized carbons (Fsp3) is 0.812. The highest BCUT2D eigenvalue weighted by Gasteiger charge is 2.31. The molecule has 2 amide bonds. The Morgan fingerprint density at radius 1 is 0.909 bits per heavy atom. The molecule has 0 fully saturated rings. The number of amides is 2. The molecule has 0 aromatic heterocycles. The number of hydrogen-bond donors (Lipinski definition) is 3. The molecule has 6 nitrogen and oxygen atoms in total. The Morgan fingerprint density at radius 3 is 1.82 bits per heavy atom. The van der Waals surface area contributed by atoms with Gasteiger partial charge in [0.2, 0.25) is 11.8 Å². The molecule has 22 heavy (non-hydrogen) atoms. The van der Waals surface area contributed by atoms with Crippen molar-refractivity contribution in [3.63, 3.8) is 0 Å². The van der Waals surface area contributed by atoms with Crippen molar-refractivity contribution in [3.05, 3.63) is 0 Å². The lowest BCUT2D eigenvalue weighted by Gasteiger charge is -2.27. The van der Waals surface area contributed by atoms with E-state index in [1.807, 2.05) is 27.7 Å². The number of carbonyl (C=O) groups excluding carboxylic acids is 2. The first-order valence-corrected chi connectivity index (χ1v) is 8.10. The van der Waals surface area contributed by atoms with E-state index in [0.29, 0.717) is 25.7 Å². The standard InChI is InChI=1S/C16H30N2O4/c1-6-9-12(19)17-13(10(4)7-2)15(20)18-14(16(21)22)11(5)8-3/h10-11,13-14H,6-9H2,1-5H3,(H,17,19)(H,18,20)(H,21,22). The molecule has 3 N–H and O–H groups in total. The van der Waals surface area contributed by atoms with Crippen LogP contribution in [0.5, 0.6) is 0 Å². The predicted molar refractivity (Wildman–Crippen MR) is 85.3 cm³/mol. The maximum atomic E-state index is 12.4. The van der Waals surface area contributed by atoms with Gasteiger partial charge in [-0.05, 0) is 18.3 Å². The molecular weight excluding hydrogens is 284 g/mol. The highest BCUT2D eigenvalue weighted by atomic mass is 16.4. The van der Waals surface area contributed by atoms with E-state index in [4.69, 9.17) is 0 Å². The summed E-state index contributed by atoms with van der Waals surface area (Å²) in [7, 11) is 0. The molecule has 0 aliphatic heterocycles. The minimum absolute atomic E-state index is 0.0628. The summed E-state index contributed by atoms with van der Waals surface area (Å²) < 4.78 is 0. The second-order valence-corrected chi connectivity index (χ2v) is 5.89. The summed E-state index contributed by atoms with van der Waals surface area (Å²) in [6, 6.07) is -1.64. The van der Waals surface area contributed by atoms with Gasteiger partial charge in [0.05, 0.1) is 0 Å². The van der Waals surface area contributed by atoms with E-state index in [0.717, 1.165) is 0 Å². The van der Waals surface area contributed by atoms with Crippen LogP contribution in [0.15, 0.2) is 0 Å². The van der Waals surface area contributed by atoms with Crippen LogP contribution in [-0.2, 0) is 14.4 Å². The van der Waals surface area contributed by atoms with Crippen molar-refractivity contribution in [1.29, 1.82) is 0 Å². The molecular formula is C16H30N2O4. The molecule has 0 radical (unpaired) electrons. The van der Waals surface area contributed by atoms with Gasteiger partial charge >= 0.3 is 5.97 Å². The molecule has 0 aliphatic carbocycles. The maximum absolute atomic E-state index is 12.4. The van der Waals surface area contributed by atoms with Crippen molar-refractivity contribution in [2.45, 2.75) is 72.4 Å². The van der Waals surface area contributed by atoms with Crippen LogP contribution in [0.1, 0.15) is 60.3 Å².